The minimum atomic E-state index is -0.500. The summed E-state index contributed by atoms with van der Waals surface area (Å²) in [5.74, 6) is 0. The Morgan fingerprint density at radius 2 is 1.67 bits per heavy atom. The Hall–Kier alpha value is 0.430. The standard InChI is InChI=1S/CH5N.CH2O2.Na/c1-2;2-1-3;/h2H2,1H3;1H,(H,2,3);/q;;+1/p-1. The second kappa shape index (κ2) is 52.1. The molecule has 0 heterocycles. The maximum absolute atomic E-state index is 8.25. The average Bonchev–Trinajstić information content (AvgIpc) is 1.46. The van der Waals surface area contributed by atoms with Gasteiger partial charge in [-0.3, -0.25) is 0 Å². The van der Waals surface area contributed by atoms with Gasteiger partial charge < -0.3 is 15.6 Å². The molecule has 0 saturated heterocycles. The monoisotopic (exact) mass is 99.0 g/mol. The maximum atomic E-state index is 8.25. The molecule has 0 aliphatic rings. The summed E-state index contributed by atoms with van der Waals surface area (Å²) < 4.78 is 0. The summed E-state index contributed by atoms with van der Waals surface area (Å²) in [4.78, 5) is 8.25. The molecule has 0 spiro atoms. The first-order valence-corrected chi connectivity index (χ1v) is 1.05. The Kier molecular flexibility index (Phi) is 140. The van der Waals surface area contributed by atoms with Gasteiger partial charge in [0.2, 0.25) is 0 Å². The molecule has 0 aromatic heterocycles. The predicted octanol–water partition coefficient (Wildman–Crippen LogP) is -5.05. The largest absolute Gasteiger partial charge is 1.00 e. The Balaban J connectivity index is -0.0000000275. The fraction of sp³-hybridized carbons (Fsp3) is 0.500. The molecule has 0 saturated carbocycles. The van der Waals surface area contributed by atoms with Crippen molar-refractivity contribution in [2.75, 3.05) is 7.05 Å². The van der Waals surface area contributed by atoms with E-state index in [1.54, 1.807) is 0 Å². The van der Waals surface area contributed by atoms with Gasteiger partial charge in [-0.05, 0) is 7.05 Å². The number of hydrogen-bond donors (Lipinski definition) is 1. The summed E-state index contributed by atoms with van der Waals surface area (Å²) in [6, 6.07) is 0. The van der Waals surface area contributed by atoms with Crippen molar-refractivity contribution in [3.63, 3.8) is 0 Å². The molecule has 0 radical (unpaired) electrons. The van der Waals surface area contributed by atoms with Crippen molar-refractivity contribution in [2.24, 2.45) is 5.73 Å². The van der Waals surface area contributed by atoms with E-state index in [-0.39, 0.29) is 29.6 Å². The van der Waals surface area contributed by atoms with E-state index in [0.717, 1.165) is 0 Å². The van der Waals surface area contributed by atoms with Crippen molar-refractivity contribution in [1.29, 1.82) is 0 Å². The van der Waals surface area contributed by atoms with Crippen molar-refractivity contribution in [1.82, 2.24) is 0 Å². The Morgan fingerprint density at radius 3 is 1.67 bits per heavy atom. The SMILES string of the molecule is CN.O=C[O-].[Na+]. The quantitative estimate of drug-likeness (QED) is 0.244. The molecule has 6 heavy (non-hydrogen) atoms. The second-order valence-corrected chi connectivity index (χ2v) is 0.0962. The second-order valence-electron chi connectivity index (χ2n) is 0.0962. The van der Waals surface area contributed by atoms with Crippen LogP contribution in [-0.2, 0) is 4.79 Å². The molecule has 0 fully saturated rings. The summed E-state index contributed by atoms with van der Waals surface area (Å²) in [6.45, 7) is -0.500. The molecule has 2 N–H and O–H groups in total. The third-order valence-electron chi connectivity index (χ3n) is 0. The van der Waals surface area contributed by atoms with Gasteiger partial charge in [-0.1, -0.05) is 0 Å². The number of nitrogens with two attached hydrogens (primary N) is 1. The first-order chi connectivity index (χ1) is 2.41. The first-order valence-electron chi connectivity index (χ1n) is 1.05. The first kappa shape index (κ1) is 16.1. The molecule has 0 aromatic carbocycles. The van der Waals surface area contributed by atoms with E-state index in [2.05, 4.69) is 5.73 Å². The summed E-state index contributed by atoms with van der Waals surface area (Å²) in [7, 11) is 1.50. The van der Waals surface area contributed by atoms with E-state index in [4.69, 9.17) is 9.90 Å². The zero-order valence-electron chi connectivity index (χ0n) is 3.97. The van der Waals surface area contributed by atoms with Gasteiger partial charge in [-0.15, -0.1) is 0 Å². The van der Waals surface area contributed by atoms with Gasteiger partial charge in [0.25, 0.3) is 0 Å². The normalized spacial score (nSPS) is 3.00. The number of carboxylic acid groups (broad SMARTS) is 1. The van der Waals surface area contributed by atoms with Crippen LogP contribution in [0, 0.1) is 0 Å². The van der Waals surface area contributed by atoms with Crippen LogP contribution in [0.1, 0.15) is 0 Å². The summed E-state index contributed by atoms with van der Waals surface area (Å²) in [5.41, 5.74) is 4.50. The van der Waals surface area contributed by atoms with Crippen LogP contribution in [0.3, 0.4) is 0 Å². The predicted molar refractivity (Wildman–Crippen MR) is 16.2 cm³/mol. The van der Waals surface area contributed by atoms with Crippen LogP contribution in [0.15, 0.2) is 0 Å². The molecular weight excluding hydrogens is 93.0 g/mol. The van der Waals surface area contributed by atoms with Crippen molar-refractivity contribution >= 4 is 6.47 Å². The van der Waals surface area contributed by atoms with Crippen LogP contribution < -0.4 is 40.4 Å². The van der Waals surface area contributed by atoms with Crippen molar-refractivity contribution < 1.29 is 39.5 Å². The van der Waals surface area contributed by atoms with Gasteiger partial charge in [-0.2, -0.15) is 0 Å². The van der Waals surface area contributed by atoms with Gasteiger partial charge in [0.15, 0.2) is 0 Å². The van der Waals surface area contributed by atoms with Crippen molar-refractivity contribution in [3.8, 4) is 0 Å². The molecule has 0 atom stereocenters. The zero-order chi connectivity index (χ0) is 4.71. The number of hydrogen-bond acceptors (Lipinski definition) is 3. The molecule has 0 unspecified atom stereocenters. The van der Waals surface area contributed by atoms with Crippen LogP contribution >= 0.6 is 0 Å². The average molecular weight is 99.1 g/mol. The van der Waals surface area contributed by atoms with Gasteiger partial charge in [0.05, 0.1) is 0 Å². The molecule has 3 nitrogen and oxygen atoms in total. The smallest absolute Gasteiger partial charge is 0.554 e. The van der Waals surface area contributed by atoms with Crippen LogP contribution in [0.2, 0.25) is 0 Å². The Bertz CT molecular complexity index is 19.0. The zero-order valence-corrected chi connectivity index (χ0v) is 5.97. The third kappa shape index (κ3) is 282. The molecule has 0 aliphatic carbocycles. The molecule has 0 amide bonds. The van der Waals surface area contributed by atoms with Crippen LogP contribution in [0.25, 0.3) is 0 Å². The van der Waals surface area contributed by atoms with E-state index >= 15 is 0 Å². The maximum Gasteiger partial charge on any atom is 1.00 e. The minimum absolute atomic E-state index is 0. The molecule has 4 heteroatoms. The van der Waals surface area contributed by atoms with Gasteiger partial charge in [0, 0.05) is 6.47 Å². The number of carbonyl (C=O) groups is 1. The number of rotatable bonds is 0. The van der Waals surface area contributed by atoms with Gasteiger partial charge in [-0.25, -0.2) is 0 Å². The Labute approximate surface area is 58.8 Å². The van der Waals surface area contributed by atoms with Crippen molar-refractivity contribution in [2.45, 2.75) is 0 Å². The van der Waals surface area contributed by atoms with Crippen LogP contribution in [0.5, 0.6) is 0 Å². The van der Waals surface area contributed by atoms with Crippen molar-refractivity contribution in [3.05, 3.63) is 0 Å². The summed E-state index contributed by atoms with van der Waals surface area (Å²) in [5, 5.41) is 8.25. The van der Waals surface area contributed by atoms with Crippen LogP contribution in [-0.4, -0.2) is 13.5 Å². The van der Waals surface area contributed by atoms with Crippen LogP contribution in [0.4, 0.5) is 0 Å². The third-order valence-corrected chi connectivity index (χ3v) is 0. The molecular formula is C2H6NNaO2. The van der Waals surface area contributed by atoms with E-state index in [1.807, 2.05) is 0 Å². The van der Waals surface area contributed by atoms with E-state index in [9.17, 15) is 0 Å². The molecule has 0 aliphatic heterocycles. The number of carbonyl (C=O) groups excluding carboxylic acids is 1. The fourth-order valence-electron chi connectivity index (χ4n) is 0. The summed E-state index contributed by atoms with van der Waals surface area (Å²) in [6.07, 6.45) is 0. The molecule has 0 rings (SSSR count). The minimum Gasteiger partial charge on any atom is -0.554 e. The fourth-order valence-corrected chi connectivity index (χ4v) is 0. The van der Waals surface area contributed by atoms with Gasteiger partial charge >= 0.3 is 29.6 Å². The van der Waals surface area contributed by atoms with E-state index in [0.29, 0.717) is 0 Å². The van der Waals surface area contributed by atoms with E-state index in [1.165, 1.54) is 7.05 Å². The summed E-state index contributed by atoms with van der Waals surface area (Å²) >= 11 is 0. The molecule has 32 valence electrons. The van der Waals surface area contributed by atoms with Gasteiger partial charge in [0.1, 0.15) is 0 Å². The molecule has 0 aromatic rings. The molecule has 0 bridgehead atoms. The Morgan fingerprint density at radius 1 is 1.67 bits per heavy atom. The topological polar surface area (TPSA) is 66.2 Å². The van der Waals surface area contributed by atoms with E-state index < -0.39 is 6.47 Å².